The van der Waals surface area contributed by atoms with Crippen LogP contribution >= 0.6 is 0 Å². The third kappa shape index (κ3) is 2.51. The van der Waals surface area contributed by atoms with E-state index in [1.807, 2.05) is 0 Å². The molecule has 0 bridgehead atoms. The van der Waals surface area contributed by atoms with Gasteiger partial charge in [0.05, 0.1) is 7.05 Å². The highest BCUT2D eigenvalue weighted by Crippen LogP contribution is 2.28. The number of hydrogen-bond acceptors (Lipinski definition) is 5. The largest absolute Gasteiger partial charge is 0.271 e. The highest BCUT2D eigenvalue weighted by Gasteiger charge is 2.25. The summed E-state index contributed by atoms with van der Waals surface area (Å²) in [5, 5.41) is 12.0. The Morgan fingerprint density at radius 2 is 2.27 bits per heavy atom. The first-order valence-corrected chi connectivity index (χ1v) is 5.48. The Balaban J connectivity index is 1.95. The Morgan fingerprint density at radius 3 is 2.80 bits per heavy atom. The Kier molecular flexibility index (Phi) is 3.27. The van der Waals surface area contributed by atoms with E-state index < -0.39 is 0 Å². The summed E-state index contributed by atoms with van der Waals surface area (Å²) in [7, 11) is 1.77. The number of aryl methyl sites for hydroxylation is 1. The molecule has 6 heteroatoms. The van der Waals surface area contributed by atoms with Gasteiger partial charge in [-0.2, -0.15) is 4.80 Å². The normalized spacial score (nSPS) is 19.6. The van der Waals surface area contributed by atoms with Gasteiger partial charge in [-0.25, -0.2) is 0 Å². The fourth-order valence-electron chi connectivity index (χ4n) is 2.32. The molecule has 1 aliphatic carbocycles. The van der Waals surface area contributed by atoms with Crippen LogP contribution < -0.4 is 11.3 Å². The lowest BCUT2D eigenvalue weighted by Crippen LogP contribution is -2.41. The van der Waals surface area contributed by atoms with Crippen molar-refractivity contribution >= 4 is 0 Å². The average Bonchev–Trinajstić information content (AvgIpc) is 2.85. The van der Waals surface area contributed by atoms with Crippen molar-refractivity contribution < 1.29 is 0 Å². The first kappa shape index (κ1) is 10.5. The van der Waals surface area contributed by atoms with Crippen molar-refractivity contribution in [1.82, 2.24) is 25.6 Å². The van der Waals surface area contributed by atoms with E-state index in [9.17, 15) is 0 Å². The van der Waals surface area contributed by atoms with Gasteiger partial charge in [0.1, 0.15) is 0 Å². The lowest BCUT2D eigenvalue weighted by Gasteiger charge is -2.20. The molecule has 3 N–H and O–H groups in total. The maximum absolute atomic E-state index is 5.57. The van der Waals surface area contributed by atoms with Gasteiger partial charge < -0.3 is 0 Å². The van der Waals surface area contributed by atoms with Crippen LogP contribution in [-0.2, 0) is 13.5 Å². The molecule has 1 fully saturated rings. The van der Waals surface area contributed by atoms with Crippen LogP contribution in [0.15, 0.2) is 0 Å². The first-order valence-electron chi connectivity index (χ1n) is 5.48. The number of tetrazole rings is 1. The average molecular weight is 210 g/mol. The van der Waals surface area contributed by atoms with Gasteiger partial charge in [-0.05, 0) is 24.0 Å². The van der Waals surface area contributed by atoms with Gasteiger partial charge >= 0.3 is 0 Å². The van der Waals surface area contributed by atoms with E-state index in [1.54, 1.807) is 7.05 Å². The molecule has 15 heavy (non-hydrogen) atoms. The van der Waals surface area contributed by atoms with Crippen LogP contribution in [0.2, 0.25) is 0 Å². The van der Waals surface area contributed by atoms with E-state index in [1.165, 1.54) is 30.5 Å². The molecule has 0 saturated heterocycles. The number of nitrogens with two attached hydrogens (primary N) is 1. The molecule has 1 aromatic heterocycles. The molecule has 0 amide bonds. The minimum atomic E-state index is 0.289. The summed E-state index contributed by atoms with van der Waals surface area (Å²) in [6, 6.07) is 0.289. The molecule has 1 heterocycles. The number of rotatable bonds is 4. The van der Waals surface area contributed by atoms with Crippen LogP contribution in [-0.4, -0.2) is 26.2 Å². The summed E-state index contributed by atoms with van der Waals surface area (Å²) in [5.74, 6) is 7.01. The second-order valence-electron chi connectivity index (χ2n) is 4.22. The van der Waals surface area contributed by atoms with E-state index in [-0.39, 0.29) is 6.04 Å². The van der Waals surface area contributed by atoms with Crippen molar-refractivity contribution in [2.24, 2.45) is 18.8 Å². The quantitative estimate of drug-likeness (QED) is 0.530. The summed E-state index contributed by atoms with van der Waals surface area (Å²) < 4.78 is 0. The third-order valence-electron chi connectivity index (χ3n) is 3.14. The van der Waals surface area contributed by atoms with Crippen LogP contribution in [0.5, 0.6) is 0 Å². The van der Waals surface area contributed by atoms with Crippen molar-refractivity contribution in [2.45, 2.75) is 38.1 Å². The lowest BCUT2D eigenvalue weighted by molar-refractivity contribution is 0.356. The second kappa shape index (κ2) is 4.67. The standard InChI is InChI=1S/C9H18N6/c1-15-13-9(12-14-15)6-8(11-10)7-4-2-3-5-7/h7-8,11H,2-6,10H2,1H3. The predicted molar refractivity (Wildman–Crippen MR) is 55.6 cm³/mol. The molecule has 6 nitrogen and oxygen atoms in total. The Labute approximate surface area is 89.2 Å². The Bertz CT molecular complexity index is 303. The monoisotopic (exact) mass is 210 g/mol. The van der Waals surface area contributed by atoms with E-state index in [0.29, 0.717) is 5.92 Å². The molecule has 1 atom stereocenters. The van der Waals surface area contributed by atoms with E-state index >= 15 is 0 Å². The number of nitrogens with zero attached hydrogens (tertiary/aromatic N) is 4. The summed E-state index contributed by atoms with van der Waals surface area (Å²) in [6.45, 7) is 0. The minimum absolute atomic E-state index is 0.289. The molecule has 0 spiro atoms. The molecule has 0 aliphatic heterocycles. The van der Waals surface area contributed by atoms with Crippen LogP contribution in [0.1, 0.15) is 31.5 Å². The molecule has 1 aliphatic rings. The van der Waals surface area contributed by atoms with Gasteiger partial charge in [0.25, 0.3) is 0 Å². The minimum Gasteiger partial charge on any atom is -0.271 e. The Hall–Kier alpha value is -1.01. The van der Waals surface area contributed by atoms with Gasteiger partial charge in [-0.15, -0.1) is 10.2 Å². The van der Waals surface area contributed by atoms with E-state index in [0.717, 1.165) is 12.2 Å². The lowest BCUT2D eigenvalue weighted by atomic mass is 9.96. The predicted octanol–water partition coefficient (Wildman–Crippen LogP) is -0.225. The Morgan fingerprint density at radius 1 is 1.53 bits per heavy atom. The summed E-state index contributed by atoms with van der Waals surface area (Å²) in [6.07, 6.45) is 5.92. The zero-order chi connectivity index (χ0) is 10.7. The molecule has 1 saturated carbocycles. The fraction of sp³-hybridized carbons (Fsp3) is 0.889. The van der Waals surface area contributed by atoms with E-state index in [2.05, 4.69) is 20.8 Å². The molecular weight excluding hydrogens is 192 g/mol. The number of aromatic nitrogens is 4. The van der Waals surface area contributed by atoms with Gasteiger partial charge in [0.15, 0.2) is 5.82 Å². The molecular formula is C9H18N6. The molecule has 0 radical (unpaired) electrons. The SMILES string of the molecule is Cn1nnc(CC(NN)C2CCCC2)n1. The fourth-order valence-corrected chi connectivity index (χ4v) is 2.32. The highest BCUT2D eigenvalue weighted by atomic mass is 15.6. The van der Waals surface area contributed by atoms with Crippen molar-refractivity contribution in [3.05, 3.63) is 5.82 Å². The van der Waals surface area contributed by atoms with Gasteiger partial charge in [0.2, 0.25) is 0 Å². The number of nitrogens with one attached hydrogen (secondary N) is 1. The molecule has 2 rings (SSSR count). The number of hydrazine groups is 1. The molecule has 84 valence electrons. The third-order valence-corrected chi connectivity index (χ3v) is 3.14. The first-order chi connectivity index (χ1) is 7.29. The molecule has 1 aromatic rings. The van der Waals surface area contributed by atoms with Crippen LogP contribution in [0.3, 0.4) is 0 Å². The zero-order valence-electron chi connectivity index (χ0n) is 9.06. The summed E-state index contributed by atoms with van der Waals surface area (Å²) in [4.78, 5) is 1.48. The van der Waals surface area contributed by atoms with Crippen molar-refractivity contribution in [3.63, 3.8) is 0 Å². The maximum atomic E-state index is 5.57. The van der Waals surface area contributed by atoms with Crippen molar-refractivity contribution in [3.8, 4) is 0 Å². The van der Waals surface area contributed by atoms with Gasteiger partial charge in [0, 0.05) is 12.5 Å². The van der Waals surface area contributed by atoms with Gasteiger partial charge in [-0.1, -0.05) is 12.8 Å². The van der Waals surface area contributed by atoms with Crippen LogP contribution in [0.4, 0.5) is 0 Å². The smallest absolute Gasteiger partial charge is 0.176 e. The van der Waals surface area contributed by atoms with Crippen molar-refractivity contribution in [1.29, 1.82) is 0 Å². The molecule has 0 aromatic carbocycles. The topological polar surface area (TPSA) is 81.7 Å². The van der Waals surface area contributed by atoms with E-state index in [4.69, 9.17) is 5.84 Å². The highest BCUT2D eigenvalue weighted by molar-refractivity contribution is 4.88. The van der Waals surface area contributed by atoms with Crippen LogP contribution in [0.25, 0.3) is 0 Å². The van der Waals surface area contributed by atoms with Crippen molar-refractivity contribution in [2.75, 3.05) is 0 Å². The molecule has 1 unspecified atom stereocenters. The van der Waals surface area contributed by atoms with Crippen LogP contribution in [0, 0.1) is 5.92 Å². The summed E-state index contributed by atoms with van der Waals surface area (Å²) in [5.41, 5.74) is 2.88. The number of hydrogen-bond donors (Lipinski definition) is 2. The van der Waals surface area contributed by atoms with Gasteiger partial charge in [-0.3, -0.25) is 11.3 Å². The second-order valence-corrected chi connectivity index (χ2v) is 4.22. The maximum Gasteiger partial charge on any atom is 0.176 e. The summed E-state index contributed by atoms with van der Waals surface area (Å²) >= 11 is 0. The zero-order valence-corrected chi connectivity index (χ0v) is 9.06.